The molecule has 0 radical (unpaired) electrons. The fraction of sp³-hybridized carbons (Fsp3) is 0.625. The van der Waals surface area contributed by atoms with Gasteiger partial charge in [-0.3, -0.25) is 0 Å². The first kappa shape index (κ1) is 39.0. The minimum absolute atomic E-state index is 0.184. The van der Waals surface area contributed by atoms with Crippen LogP contribution < -0.4 is 0 Å². The van der Waals surface area contributed by atoms with Gasteiger partial charge in [-0.05, 0) is 113 Å². The number of rotatable bonds is 15. The van der Waals surface area contributed by atoms with Crippen LogP contribution in [0.25, 0.3) is 0 Å². The van der Waals surface area contributed by atoms with Crippen molar-refractivity contribution in [2.24, 2.45) is 0 Å². The quantitative estimate of drug-likeness (QED) is 0.158. The van der Waals surface area contributed by atoms with E-state index in [1.54, 1.807) is 0 Å². The third-order valence-electron chi connectivity index (χ3n) is 5.54. The van der Waals surface area contributed by atoms with Crippen LogP contribution >= 0.6 is 0 Å². The van der Waals surface area contributed by atoms with Crippen LogP contribution in [-0.4, -0.2) is 26.5 Å². The fourth-order valence-electron chi connectivity index (χ4n) is 3.40. The molecule has 0 saturated carbocycles. The van der Waals surface area contributed by atoms with Gasteiger partial charge in [-0.1, -0.05) is 83.7 Å². The molecule has 0 aromatic rings. The summed E-state index contributed by atoms with van der Waals surface area (Å²) in [6, 6.07) is 0. The average molecular weight is 568 g/mol. The van der Waals surface area contributed by atoms with E-state index >= 15 is 0 Å². The van der Waals surface area contributed by atoms with E-state index < -0.39 is 14.8 Å². The van der Waals surface area contributed by atoms with Crippen LogP contribution in [0.3, 0.4) is 0 Å². The van der Waals surface area contributed by atoms with Crippen LogP contribution in [0.2, 0.25) is 0 Å². The van der Waals surface area contributed by atoms with Crippen molar-refractivity contribution < 1.29 is 12.8 Å². The normalized spacial score (nSPS) is 12.8. The van der Waals surface area contributed by atoms with Crippen molar-refractivity contribution in [1.82, 2.24) is 0 Å². The van der Waals surface area contributed by atoms with E-state index in [-0.39, 0.29) is 6.61 Å². The Balaban J connectivity index is -0.000000545. The molecule has 0 aromatic carbocycles. The molecule has 0 spiro atoms. The Kier molecular flexibility index (Phi) is 32.3. The second-order valence-electron chi connectivity index (χ2n) is 9.73. The van der Waals surface area contributed by atoms with Gasteiger partial charge in [0.25, 0.3) is 0 Å². The molecule has 3 nitrogen and oxygen atoms in total. The molecule has 0 amide bonds. The summed E-state index contributed by atoms with van der Waals surface area (Å²) in [5, 5.41) is 8.86. The van der Waals surface area contributed by atoms with Crippen molar-refractivity contribution in [3.63, 3.8) is 0 Å². The molecule has 0 fully saturated rings. The van der Waals surface area contributed by atoms with Gasteiger partial charge in [-0.25, -0.2) is 0 Å². The van der Waals surface area contributed by atoms with Gasteiger partial charge in [0, 0.05) is 0 Å². The van der Waals surface area contributed by atoms with Gasteiger partial charge >= 0.3 is 22.5 Å². The first-order valence-electron chi connectivity index (χ1n) is 13.5. The molecular weight excluding hydrogens is 511 g/mol. The molecule has 0 saturated heterocycles. The summed E-state index contributed by atoms with van der Waals surface area (Å²) in [5.41, 5.74) is 8.50. The molecule has 0 atom stereocenters. The third kappa shape index (κ3) is 34.7. The Morgan fingerprint density at radius 1 is 0.528 bits per heavy atom. The van der Waals surface area contributed by atoms with Crippen molar-refractivity contribution in [2.45, 2.75) is 127 Å². The standard InChI is InChI=1S/C16H28O.C16H28.O2Se/c1-5-8-14(2)9-6-10-15(3)11-7-12-16(4)13-17;1-6-9-15(4)12-8-13-16(5)11-7-10-14(2)3;1-3-2/h8,10,12,17H,5-7,9,11,13H2,1-4H3;9-10,13H,6-8,11-12H2,1-5H3;/b14-8+,15-10+,16-12+;15-9+,16-13+;. The number of hydrogen-bond donors (Lipinski definition) is 1. The van der Waals surface area contributed by atoms with Gasteiger partial charge in [0.05, 0.1) is 6.61 Å². The third-order valence-corrected chi connectivity index (χ3v) is 5.54. The number of hydrogen-bond acceptors (Lipinski definition) is 3. The van der Waals surface area contributed by atoms with Crippen molar-refractivity contribution in [3.8, 4) is 0 Å². The van der Waals surface area contributed by atoms with E-state index in [1.165, 1.54) is 60.0 Å². The molecule has 0 heterocycles. The van der Waals surface area contributed by atoms with Crippen molar-refractivity contribution in [3.05, 3.63) is 69.9 Å². The molecule has 1 N–H and O–H groups in total. The monoisotopic (exact) mass is 568 g/mol. The topological polar surface area (TPSA) is 54.4 Å². The predicted molar refractivity (Wildman–Crippen MR) is 160 cm³/mol. The Morgan fingerprint density at radius 2 is 0.806 bits per heavy atom. The summed E-state index contributed by atoms with van der Waals surface area (Å²) < 4.78 is 16.9. The van der Waals surface area contributed by atoms with Crippen molar-refractivity contribution in [1.29, 1.82) is 0 Å². The minimum atomic E-state index is -1.62. The summed E-state index contributed by atoms with van der Waals surface area (Å²) in [6.07, 6.45) is 25.4. The molecule has 36 heavy (non-hydrogen) atoms. The summed E-state index contributed by atoms with van der Waals surface area (Å²) >= 11 is -1.62. The second-order valence-corrected chi connectivity index (χ2v) is 10.0. The van der Waals surface area contributed by atoms with E-state index in [2.05, 4.69) is 91.8 Å². The van der Waals surface area contributed by atoms with Gasteiger partial charge in [0.1, 0.15) is 0 Å². The van der Waals surface area contributed by atoms with Gasteiger partial charge in [0.15, 0.2) is 0 Å². The first-order chi connectivity index (χ1) is 17.1. The SMILES string of the molecule is CC/C=C(\C)CC/C=C(\C)CC/C=C(\C)CO.CC/C=C(\C)CC/C=C(\C)CCC=C(C)C.O=[Se]=O. The van der Waals surface area contributed by atoms with Crippen molar-refractivity contribution >= 4 is 14.8 Å². The summed E-state index contributed by atoms with van der Waals surface area (Å²) in [7, 11) is 0. The maximum absolute atomic E-state index is 8.86. The molecular formula is C32H56O3Se. The predicted octanol–water partition coefficient (Wildman–Crippen LogP) is 9.99. The zero-order valence-electron chi connectivity index (χ0n) is 24.9. The molecule has 0 aliphatic heterocycles. The maximum atomic E-state index is 8.86. The Morgan fingerprint density at radius 3 is 1.08 bits per heavy atom. The molecule has 0 unspecified atom stereocenters. The molecule has 0 rings (SSSR count). The summed E-state index contributed by atoms with van der Waals surface area (Å²) in [4.78, 5) is 0. The molecule has 0 aliphatic carbocycles. The summed E-state index contributed by atoms with van der Waals surface area (Å²) in [5.74, 6) is 0. The van der Waals surface area contributed by atoms with Crippen LogP contribution in [0.4, 0.5) is 0 Å². The van der Waals surface area contributed by atoms with Crippen LogP contribution in [0, 0.1) is 0 Å². The van der Waals surface area contributed by atoms with Crippen LogP contribution in [-0.2, 0) is 7.67 Å². The Labute approximate surface area is 230 Å². The molecule has 0 aliphatic rings. The van der Waals surface area contributed by atoms with E-state index in [0.29, 0.717) is 0 Å². The molecule has 208 valence electrons. The molecule has 0 bridgehead atoms. The van der Waals surface area contributed by atoms with Gasteiger partial charge in [0.2, 0.25) is 0 Å². The van der Waals surface area contributed by atoms with E-state index in [0.717, 1.165) is 37.7 Å². The zero-order chi connectivity index (χ0) is 28.2. The summed E-state index contributed by atoms with van der Waals surface area (Å²) in [6.45, 7) is 19.7. The Hall–Kier alpha value is -1.48. The van der Waals surface area contributed by atoms with Crippen molar-refractivity contribution in [2.75, 3.05) is 6.61 Å². The Bertz CT molecular complexity index is 754. The van der Waals surface area contributed by atoms with Crippen LogP contribution in [0.15, 0.2) is 69.9 Å². The number of aliphatic hydroxyl groups is 1. The van der Waals surface area contributed by atoms with Gasteiger partial charge < -0.3 is 5.11 Å². The van der Waals surface area contributed by atoms with Crippen LogP contribution in [0.5, 0.6) is 0 Å². The second kappa shape index (κ2) is 29.7. The van der Waals surface area contributed by atoms with Gasteiger partial charge in [-0.15, -0.1) is 0 Å². The van der Waals surface area contributed by atoms with E-state index in [4.69, 9.17) is 12.8 Å². The first-order valence-corrected chi connectivity index (χ1v) is 14.9. The molecule has 0 aromatic heterocycles. The van der Waals surface area contributed by atoms with Gasteiger partial charge in [-0.2, -0.15) is 0 Å². The fourth-order valence-corrected chi connectivity index (χ4v) is 3.40. The van der Waals surface area contributed by atoms with E-state index in [9.17, 15) is 0 Å². The number of allylic oxidation sites excluding steroid dienone is 11. The van der Waals surface area contributed by atoms with E-state index in [1.807, 2.05) is 6.92 Å². The average Bonchev–Trinajstić information content (AvgIpc) is 2.80. The number of aliphatic hydroxyl groups excluding tert-OH is 1. The molecule has 4 heteroatoms. The zero-order valence-corrected chi connectivity index (χ0v) is 26.6. The van der Waals surface area contributed by atoms with Crippen LogP contribution in [0.1, 0.15) is 127 Å².